The average Bonchev–Trinajstić information content (AvgIpc) is 2.64. The monoisotopic (exact) mass is 389 g/mol. The molecule has 7 heteroatoms. The molecule has 0 aliphatic carbocycles. The van der Waals surface area contributed by atoms with Crippen molar-refractivity contribution in [3.63, 3.8) is 0 Å². The maximum absolute atomic E-state index is 12.8. The summed E-state index contributed by atoms with van der Waals surface area (Å²) in [5.74, 6) is 0. The van der Waals surface area contributed by atoms with Gasteiger partial charge in [-0.25, -0.2) is 8.42 Å². The van der Waals surface area contributed by atoms with Crippen molar-refractivity contribution in [3.05, 3.63) is 64.7 Å². The molecule has 1 unspecified atom stereocenters. The second-order valence-corrected chi connectivity index (χ2v) is 8.57. The van der Waals surface area contributed by atoms with Crippen molar-refractivity contribution in [2.75, 3.05) is 26.2 Å². The lowest BCUT2D eigenvalue weighted by atomic mass is 10.0. The summed E-state index contributed by atoms with van der Waals surface area (Å²) >= 11 is 6.07. The van der Waals surface area contributed by atoms with Crippen LogP contribution < -0.4 is 0 Å². The van der Waals surface area contributed by atoms with Crippen LogP contribution in [0, 0.1) is 18.3 Å². The van der Waals surface area contributed by atoms with Crippen LogP contribution in [0.2, 0.25) is 5.02 Å². The van der Waals surface area contributed by atoms with Gasteiger partial charge >= 0.3 is 0 Å². The summed E-state index contributed by atoms with van der Waals surface area (Å²) in [5, 5.41) is 9.88. The first-order valence-electron chi connectivity index (χ1n) is 8.39. The molecule has 0 bridgehead atoms. The summed E-state index contributed by atoms with van der Waals surface area (Å²) in [4.78, 5) is 2.16. The number of nitriles is 1. The van der Waals surface area contributed by atoms with E-state index in [1.807, 2.05) is 36.1 Å². The molecule has 0 N–H and O–H groups in total. The van der Waals surface area contributed by atoms with Crippen LogP contribution in [0.1, 0.15) is 17.2 Å². The number of aryl methyl sites for hydroxylation is 1. The Morgan fingerprint density at radius 1 is 1.04 bits per heavy atom. The number of sulfonamides is 1. The Hall–Kier alpha value is -1.91. The SMILES string of the molecule is Cc1ccccc1C(C#N)N1CCN(S(=O)(=O)c2ccccc2Cl)CC1. The van der Waals surface area contributed by atoms with E-state index >= 15 is 0 Å². The molecule has 0 amide bonds. The van der Waals surface area contributed by atoms with E-state index in [0.717, 1.165) is 11.1 Å². The lowest BCUT2D eigenvalue weighted by Crippen LogP contribution is -2.49. The van der Waals surface area contributed by atoms with Crippen molar-refractivity contribution >= 4 is 21.6 Å². The summed E-state index contributed by atoms with van der Waals surface area (Å²) in [7, 11) is -3.63. The van der Waals surface area contributed by atoms with E-state index in [1.165, 1.54) is 10.4 Å². The molecule has 1 saturated heterocycles. The number of hydrogen-bond donors (Lipinski definition) is 0. The van der Waals surface area contributed by atoms with Crippen molar-refractivity contribution in [1.29, 1.82) is 5.26 Å². The van der Waals surface area contributed by atoms with Crippen molar-refractivity contribution in [2.45, 2.75) is 17.9 Å². The molecule has 1 aliphatic rings. The van der Waals surface area contributed by atoms with Crippen molar-refractivity contribution in [2.24, 2.45) is 0 Å². The average molecular weight is 390 g/mol. The predicted molar refractivity (Wildman–Crippen MR) is 101 cm³/mol. The van der Waals surface area contributed by atoms with Crippen LogP contribution in [-0.4, -0.2) is 43.8 Å². The Bertz CT molecular complexity index is 932. The molecule has 136 valence electrons. The Morgan fingerprint density at radius 2 is 1.65 bits per heavy atom. The normalized spacial score (nSPS) is 17.6. The van der Waals surface area contributed by atoms with E-state index < -0.39 is 10.0 Å². The van der Waals surface area contributed by atoms with Gasteiger partial charge in [-0.1, -0.05) is 48.0 Å². The van der Waals surface area contributed by atoms with Gasteiger partial charge in [-0.3, -0.25) is 4.90 Å². The molecule has 1 atom stereocenters. The van der Waals surface area contributed by atoms with E-state index in [2.05, 4.69) is 6.07 Å². The molecule has 1 heterocycles. The van der Waals surface area contributed by atoms with Crippen molar-refractivity contribution in [1.82, 2.24) is 9.21 Å². The number of benzene rings is 2. The van der Waals surface area contributed by atoms with Crippen LogP contribution in [0.15, 0.2) is 53.4 Å². The molecule has 2 aromatic rings. The van der Waals surface area contributed by atoms with Crippen molar-refractivity contribution < 1.29 is 8.42 Å². The molecule has 2 aromatic carbocycles. The van der Waals surface area contributed by atoms with Gasteiger partial charge in [-0.2, -0.15) is 9.57 Å². The fourth-order valence-electron chi connectivity index (χ4n) is 3.24. The minimum atomic E-state index is -3.63. The third-order valence-corrected chi connectivity index (χ3v) is 7.10. The summed E-state index contributed by atoms with van der Waals surface area (Å²) in [6, 6.07) is 16.3. The maximum Gasteiger partial charge on any atom is 0.244 e. The molecule has 0 aromatic heterocycles. The highest BCUT2D eigenvalue weighted by Crippen LogP contribution is 2.28. The fraction of sp³-hybridized carbons (Fsp3) is 0.316. The first-order valence-corrected chi connectivity index (χ1v) is 10.2. The van der Waals surface area contributed by atoms with Gasteiger partial charge in [0, 0.05) is 26.2 Å². The largest absolute Gasteiger partial charge is 0.282 e. The van der Waals surface area contributed by atoms with Crippen LogP contribution in [0.3, 0.4) is 0 Å². The van der Waals surface area contributed by atoms with Crippen LogP contribution in [0.4, 0.5) is 0 Å². The second kappa shape index (κ2) is 7.77. The third-order valence-electron chi connectivity index (χ3n) is 4.70. The van der Waals surface area contributed by atoms with Crippen LogP contribution >= 0.6 is 11.6 Å². The summed E-state index contributed by atoms with van der Waals surface area (Å²) in [6.07, 6.45) is 0. The smallest absolute Gasteiger partial charge is 0.244 e. The fourth-order valence-corrected chi connectivity index (χ4v) is 5.15. The summed E-state index contributed by atoms with van der Waals surface area (Å²) in [6.45, 7) is 3.64. The first kappa shape index (κ1) is 18.9. The number of nitrogens with zero attached hydrogens (tertiary/aromatic N) is 3. The molecule has 1 aliphatic heterocycles. The van der Waals surface area contributed by atoms with Gasteiger partial charge < -0.3 is 0 Å². The maximum atomic E-state index is 12.8. The van der Waals surface area contributed by atoms with Gasteiger partial charge in [0.15, 0.2) is 0 Å². The number of rotatable bonds is 4. The highest BCUT2D eigenvalue weighted by molar-refractivity contribution is 7.89. The van der Waals surface area contributed by atoms with Gasteiger partial charge in [0.2, 0.25) is 10.0 Å². The van der Waals surface area contributed by atoms with Gasteiger partial charge in [-0.05, 0) is 30.2 Å². The molecule has 0 spiro atoms. The molecule has 1 fully saturated rings. The van der Waals surface area contributed by atoms with Gasteiger partial charge in [0.25, 0.3) is 0 Å². The number of piperazine rings is 1. The molecule has 3 rings (SSSR count). The zero-order chi connectivity index (χ0) is 18.7. The van der Waals surface area contributed by atoms with E-state index in [0.29, 0.717) is 26.2 Å². The second-order valence-electron chi connectivity index (χ2n) is 6.26. The van der Waals surface area contributed by atoms with E-state index in [-0.39, 0.29) is 16.0 Å². The number of halogens is 1. The van der Waals surface area contributed by atoms with E-state index in [1.54, 1.807) is 18.2 Å². The molecule has 26 heavy (non-hydrogen) atoms. The topological polar surface area (TPSA) is 64.4 Å². The highest BCUT2D eigenvalue weighted by Gasteiger charge is 2.32. The quantitative estimate of drug-likeness (QED) is 0.805. The molecule has 0 radical (unpaired) electrons. The minimum Gasteiger partial charge on any atom is -0.282 e. The Morgan fingerprint density at radius 3 is 2.27 bits per heavy atom. The van der Waals surface area contributed by atoms with E-state index in [9.17, 15) is 13.7 Å². The molecule has 5 nitrogen and oxygen atoms in total. The lowest BCUT2D eigenvalue weighted by Gasteiger charge is -2.36. The molecular weight excluding hydrogens is 370 g/mol. The van der Waals surface area contributed by atoms with Gasteiger partial charge in [-0.15, -0.1) is 0 Å². The Balaban J connectivity index is 1.76. The van der Waals surface area contributed by atoms with Crippen LogP contribution in [0.25, 0.3) is 0 Å². The Kier molecular flexibility index (Phi) is 5.64. The summed E-state index contributed by atoms with van der Waals surface area (Å²) in [5.41, 5.74) is 2.03. The summed E-state index contributed by atoms with van der Waals surface area (Å²) < 4.78 is 27.1. The van der Waals surface area contributed by atoms with Gasteiger partial charge in [0.05, 0.1) is 11.1 Å². The predicted octanol–water partition coefficient (Wildman–Crippen LogP) is 3.22. The van der Waals surface area contributed by atoms with E-state index in [4.69, 9.17) is 11.6 Å². The van der Waals surface area contributed by atoms with Crippen LogP contribution in [0.5, 0.6) is 0 Å². The number of hydrogen-bond acceptors (Lipinski definition) is 4. The van der Waals surface area contributed by atoms with Crippen LogP contribution in [-0.2, 0) is 10.0 Å². The lowest BCUT2D eigenvalue weighted by molar-refractivity contribution is 0.162. The molecular formula is C19H20ClN3O2S. The zero-order valence-corrected chi connectivity index (χ0v) is 16.0. The third kappa shape index (κ3) is 3.62. The molecule has 0 saturated carbocycles. The van der Waals surface area contributed by atoms with Gasteiger partial charge in [0.1, 0.15) is 10.9 Å². The highest BCUT2D eigenvalue weighted by atomic mass is 35.5. The van der Waals surface area contributed by atoms with Crippen molar-refractivity contribution in [3.8, 4) is 6.07 Å². The Labute approximate surface area is 159 Å². The standard InChI is InChI=1S/C19H20ClN3O2S/c1-15-6-2-3-7-16(15)18(14-21)22-10-12-23(13-11-22)26(24,25)19-9-5-4-8-17(19)20/h2-9,18H,10-13H2,1H3. The zero-order valence-electron chi connectivity index (χ0n) is 14.5. The first-order chi connectivity index (χ1) is 12.4. The minimum absolute atomic E-state index is 0.130.